The Kier molecular flexibility index (Phi) is 6.90. The molecule has 1 aliphatic rings. The van der Waals surface area contributed by atoms with Crippen LogP contribution in [0.4, 0.5) is 16.2 Å². The van der Waals surface area contributed by atoms with Gasteiger partial charge in [0, 0.05) is 16.3 Å². The first-order valence-corrected chi connectivity index (χ1v) is 11.0. The predicted molar refractivity (Wildman–Crippen MR) is 122 cm³/mol. The molecule has 7 nitrogen and oxygen atoms in total. The highest BCUT2D eigenvalue weighted by Crippen LogP contribution is 2.34. The van der Waals surface area contributed by atoms with Crippen molar-refractivity contribution in [2.75, 3.05) is 22.5 Å². The second-order valence-electron chi connectivity index (χ2n) is 8.31. The molecule has 0 radical (unpaired) electrons. The standard InChI is InChI=1S/C23H27N3O4S/c1-15-8-7-9-16(12-15)24-22(29)25-17-14-31-19-11-6-5-10-18(19)26(21(17)28)13-20(27)30-23(2,3)4/h5-12,17H,13-14H2,1-4H3,(H2,24,25,29). The molecule has 0 bridgehead atoms. The smallest absolute Gasteiger partial charge is 0.326 e. The Morgan fingerprint density at radius 3 is 2.61 bits per heavy atom. The van der Waals surface area contributed by atoms with E-state index in [2.05, 4.69) is 10.6 Å². The zero-order chi connectivity index (χ0) is 22.6. The van der Waals surface area contributed by atoms with Gasteiger partial charge in [-0.1, -0.05) is 24.3 Å². The number of para-hydroxylation sites is 1. The van der Waals surface area contributed by atoms with Gasteiger partial charge in [-0.2, -0.15) is 0 Å². The van der Waals surface area contributed by atoms with Gasteiger partial charge in [-0.25, -0.2) is 4.79 Å². The maximum atomic E-state index is 13.3. The molecule has 2 aromatic carbocycles. The molecular formula is C23H27N3O4S. The molecule has 0 spiro atoms. The van der Waals surface area contributed by atoms with Gasteiger partial charge in [0.15, 0.2) is 0 Å². The third-order valence-corrected chi connectivity index (χ3v) is 5.57. The van der Waals surface area contributed by atoms with Crippen LogP contribution in [0.1, 0.15) is 26.3 Å². The number of nitrogens with zero attached hydrogens (tertiary/aromatic N) is 1. The monoisotopic (exact) mass is 441 g/mol. The molecule has 1 atom stereocenters. The van der Waals surface area contributed by atoms with Gasteiger partial charge >= 0.3 is 12.0 Å². The minimum Gasteiger partial charge on any atom is -0.459 e. The lowest BCUT2D eigenvalue weighted by molar-refractivity contribution is -0.153. The van der Waals surface area contributed by atoms with Gasteiger partial charge in [0.05, 0.1) is 5.69 Å². The number of carbonyl (C=O) groups excluding carboxylic acids is 3. The number of carbonyl (C=O) groups is 3. The predicted octanol–water partition coefficient (Wildman–Crippen LogP) is 3.97. The molecule has 1 heterocycles. The number of esters is 1. The zero-order valence-electron chi connectivity index (χ0n) is 18.1. The van der Waals surface area contributed by atoms with Crippen LogP contribution in [-0.2, 0) is 14.3 Å². The summed E-state index contributed by atoms with van der Waals surface area (Å²) in [4.78, 5) is 40.6. The number of ether oxygens (including phenoxy) is 1. The van der Waals surface area contributed by atoms with Gasteiger partial charge in [0.1, 0.15) is 18.2 Å². The Balaban J connectivity index is 1.77. The molecule has 0 aliphatic carbocycles. The third kappa shape index (κ3) is 6.24. The summed E-state index contributed by atoms with van der Waals surface area (Å²) in [7, 11) is 0. The summed E-state index contributed by atoms with van der Waals surface area (Å²) in [6.45, 7) is 7.03. The van der Waals surface area contributed by atoms with Gasteiger partial charge in [-0.3, -0.25) is 14.5 Å². The molecule has 8 heteroatoms. The number of urea groups is 1. The topological polar surface area (TPSA) is 87.7 Å². The maximum Gasteiger partial charge on any atom is 0.326 e. The minimum absolute atomic E-state index is 0.231. The number of benzene rings is 2. The van der Waals surface area contributed by atoms with Crippen molar-refractivity contribution in [1.82, 2.24) is 5.32 Å². The number of hydrogen-bond acceptors (Lipinski definition) is 5. The zero-order valence-corrected chi connectivity index (χ0v) is 18.9. The Bertz CT molecular complexity index is 987. The number of thioether (sulfide) groups is 1. The van der Waals surface area contributed by atoms with Crippen LogP contribution >= 0.6 is 11.8 Å². The van der Waals surface area contributed by atoms with Gasteiger partial charge in [-0.05, 0) is 57.5 Å². The molecule has 3 rings (SSSR count). The number of amides is 3. The number of anilines is 2. The van der Waals surface area contributed by atoms with E-state index in [1.165, 1.54) is 16.7 Å². The largest absolute Gasteiger partial charge is 0.459 e. The lowest BCUT2D eigenvalue weighted by atomic mass is 10.2. The van der Waals surface area contributed by atoms with E-state index in [0.717, 1.165) is 10.5 Å². The first-order chi connectivity index (χ1) is 14.6. The van der Waals surface area contributed by atoms with Crippen LogP contribution < -0.4 is 15.5 Å². The molecule has 1 unspecified atom stereocenters. The number of fused-ring (bicyclic) bond motifs is 1. The molecule has 0 saturated heterocycles. The Labute approximate surface area is 186 Å². The van der Waals surface area contributed by atoms with Crippen LogP contribution in [0.15, 0.2) is 53.4 Å². The summed E-state index contributed by atoms with van der Waals surface area (Å²) in [6, 6.07) is 13.5. The van der Waals surface area contributed by atoms with E-state index in [0.29, 0.717) is 17.1 Å². The number of rotatable bonds is 4. The van der Waals surface area contributed by atoms with Gasteiger partial charge in [-0.15, -0.1) is 11.8 Å². The van der Waals surface area contributed by atoms with Crippen molar-refractivity contribution in [3.8, 4) is 0 Å². The molecule has 164 valence electrons. The SMILES string of the molecule is Cc1cccc(NC(=O)NC2CSc3ccccc3N(CC(=O)OC(C)(C)C)C2=O)c1. The van der Waals surface area contributed by atoms with Crippen LogP contribution in [0.25, 0.3) is 0 Å². The van der Waals surface area contributed by atoms with E-state index in [-0.39, 0.29) is 12.5 Å². The Morgan fingerprint density at radius 1 is 1.16 bits per heavy atom. The summed E-state index contributed by atoms with van der Waals surface area (Å²) in [5.74, 6) is -0.518. The van der Waals surface area contributed by atoms with Crippen molar-refractivity contribution >= 4 is 41.0 Å². The van der Waals surface area contributed by atoms with E-state index in [1.54, 1.807) is 32.9 Å². The molecule has 2 N–H and O–H groups in total. The first-order valence-electron chi connectivity index (χ1n) is 10.0. The normalized spacial score (nSPS) is 16.2. The summed E-state index contributed by atoms with van der Waals surface area (Å²) >= 11 is 1.46. The van der Waals surface area contributed by atoms with Crippen LogP contribution in [0.3, 0.4) is 0 Å². The molecule has 0 aromatic heterocycles. The summed E-state index contributed by atoms with van der Waals surface area (Å²) in [6.07, 6.45) is 0. The molecule has 1 aliphatic heterocycles. The van der Waals surface area contributed by atoms with E-state index in [9.17, 15) is 14.4 Å². The van der Waals surface area contributed by atoms with Crippen molar-refractivity contribution in [2.24, 2.45) is 0 Å². The second kappa shape index (κ2) is 9.43. The number of hydrogen-bond donors (Lipinski definition) is 2. The Hall–Kier alpha value is -3.00. The summed E-state index contributed by atoms with van der Waals surface area (Å²) in [5.41, 5.74) is 1.62. The van der Waals surface area contributed by atoms with Gasteiger partial charge < -0.3 is 15.4 Å². The highest BCUT2D eigenvalue weighted by atomic mass is 32.2. The highest BCUT2D eigenvalue weighted by Gasteiger charge is 2.34. The average molecular weight is 442 g/mol. The lowest BCUT2D eigenvalue weighted by Crippen LogP contribution is -2.52. The lowest BCUT2D eigenvalue weighted by Gasteiger charge is -2.27. The number of aryl methyl sites for hydroxylation is 1. The maximum absolute atomic E-state index is 13.3. The molecule has 31 heavy (non-hydrogen) atoms. The van der Waals surface area contributed by atoms with Crippen LogP contribution in [0.5, 0.6) is 0 Å². The molecular weight excluding hydrogens is 414 g/mol. The summed E-state index contributed by atoms with van der Waals surface area (Å²) < 4.78 is 5.41. The van der Waals surface area contributed by atoms with Crippen LogP contribution in [0, 0.1) is 6.92 Å². The summed E-state index contributed by atoms with van der Waals surface area (Å²) in [5, 5.41) is 5.51. The fourth-order valence-corrected chi connectivity index (χ4v) is 4.24. The Morgan fingerprint density at radius 2 is 1.90 bits per heavy atom. The van der Waals surface area contributed by atoms with Crippen molar-refractivity contribution in [3.05, 3.63) is 54.1 Å². The van der Waals surface area contributed by atoms with Crippen molar-refractivity contribution < 1.29 is 19.1 Å². The van der Waals surface area contributed by atoms with Gasteiger partial charge in [0.25, 0.3) is 5.91 Å². The second-order valence-corrected chi connectivity index (χ2v) is 9.37. The van der Waals surface area contributed by atoms with Crippen molar-refractivity contribution in [2.45, 2.75) is 44.2 Å². The first kappa shape index (κ1) is 22.7. The molecule has 3 amide bonds. The fourth-order valence-electron chi connectivity index (χ4n) is 3.17. The average Bonchev–Trinajstić information content (AvgIpc) is 2.79. The molecule has 0 saturated carbocycles. The number of nitrogens with one attached hydrogen (secondary N) is 2. The molecule has 2 aromatic rings. The minimum atomic E-state index is -0.801. The van der Waals surface area contributed by atoms with E-state index in [4.69, 9.17) is 4.74 Å². The highest BCUT2D eigenvalue weighted by molar-refractivity contribution is 7.99. The fraction of sp³-hybridized carbons (Fsp3) is 0.348. The molecule has 0 fully saturated rings. The van der Waals surface area contributed by atoms with Crippen LogP contribution in [-0.4, -0.2) is 41.8 Å². The van der Waals surface area contributed by atoms with Crippen molar-refractivity contribution in [3.63, 3.8) is 0 Å². The quantitative estimate of drug-likeness (QED) is 0.701. The van der Waals surface area contributed by atoms with E-state index < -0.39 is 23.6 Å². The van der Waals surface area contributed by atoms with Crippen molar-refractivity contribution in [1.29, 1.82) is 0 Å². The van der Waals surface area contributed by atoms with E-state index in [1.807, 2.05) is 43.3 Å². The third-order valence-electron chi connectivity index (χ3n) is 4.41. The van der Waals surface area contributed by atoms with Gasteiger partial charge in [0.2, 0.25) is 0 Å². The van der Waals surface area contributed by atoms with Crippen LogP contribution in [0.2, 0.25) is 0 Å². The van der Waals surface area contributed by atoms with E-state index >= 15 is 0 Å².